The summed E-state index contributed by atoms with van der Waals surface area (Å²) >= 11 is 0. The number of aliphatic hydroxyl groups excluding tert-OH is 1. The molecule has 0 radical (unpaired) electrons. The molecule has 0 fully saturated rings. The van der Waals surface area contributed by atoms with E-state index < -0.39 is 23.7 Å². The number of anilines is 1. The Balaban J connectivity index is 1.91. The summed E-state index contributed by atoms with van der Waals surface area (Å²) in [5, 5.41) is 14.5. The van der Waals surface area contributed by atoms with Gasteiger partial charge in [-0.3, -0.25) is 9.59 Å². The predicted octanol–water partition coefficient (Wildman–Crippen LogP) is 1.60. The lowest BCUT2D eigenvalue weighted by Crippen LogP contribution is -2.37. The summed E-state index contributed by atoms with van der Waals surface area (Å²) in [5.41, 5.74) is 0.975. The molecule has 0 aliphatic carbocycles. The van der Waals surface area contributed by atoms with Crippen LogP contribution >= 0.6 is 0 Å². The number of halogens is 1. The number of hydrogen-bond acceptors (Lipinski definition) is 3. The monoisotopic (exact) mass is 326 g/mol. The molecule has 2 aromatic rings. The molecule has 122 valence electrons. The van der Waals surface area contributed by atoms with Gasteiger partial charge < -0.3 is 15.7 Å². The Morgan fingerprint density at radius 2 is 1.92 bits per heavy atom. The number of nitrogens with one attached hydrogen (secondary N) is 2. The van der Waals surface area contributed by atoms with Gasteiger partial charge in [0.15, 0.2) is 0 Å². The maximum absolute atomic E-state index is 13.5. The lowest BCUT2D eigenvalue weighted by molar-refractivity contribution is -0.136. The van der Waals surface area contributed by atoms with E-state index in [0.29, 0.717) is 11.3 Å². The van der Waals surface area contributed by atoms with Gasteiger partial charge >= 0.3 is 11.8 Å². The summed E-state index contributed by atoms with van der Waals surface area (Å²) in [7, 11) is 0. The van der Waals surface area contributed by atoms with Crippen molar-refractivity contribution in [1.29, 1.82) is 0 Å². The van der Waals surface area contributed by atoms with Crippen LogP contribution in [0, 0.1) is 18.2 Å². The van der Waals surface area contributed by atoms with Crippen LogP contribution in [-0.2, 0) is 9.59 Å². The summed E-state index contributed by atoms with van der Waals surface area (Å²) < 4.78 is 13.5. The molecule has 5 nitrogen and oxygen atoms in total. The third kappa shape index (κ3) is 4.41. The summed E-state index contributed by atoms with van der Waals surface area (Å²) in [5.74, 6) is -0.0350. The molecule has 1 atom stereocenters. The Kier molecular flexibility index (Phi) is 5.66. The van der Waals surface area contributed by atoms with Gasteiger partial charge in [0.2, 0.25) is 0 Å². The van der Waals surface area contributed by atoms with Crippen molar-refractivity contribution in [3.8, 4) is 12.3 Å². The second-order valence-electron chi connectivity index (χ2n) is 4.93. The average Bonchev–Trinajstić information content (AvgIpc) is 2.59. The van der Waals surface area contributed by atoms with Crippen LogP contribution in [0.3, 0.4) is 0 Å². The zero-order chi connectivity index (χ0) is 17.5. The van der Waals surface area contributed by atoms with E-state index in [1.165, 1.54) is 18.2 Å². The molecule has 0 aliphatic rings. The van der Waals surface area contributed by atoms with Gasteiger partial charge in [-0.1, -0.05) is 30.2 Å². The second kappa shape index (κ2) is 7.90. The van der Waals surface area contributed by atoms with E-state index in [1.54, 1.807) is 30.3 Å². The SMILES string of the molecule is C#Cc1cccc(NC(=O)C(=O)NCC(O)c2ccccc2F)c1. The van der Waals surface area contributed by atoms with Crippen LogP contribution in [0.4, 0.5) is 10.1 Å². The Hall–Kier alpha value is -3.17. The van der Waals surface area contributed by atoms with Crippen molar-refractivity contribution in [3.63, 3.8) is 0 Å². The van der Waals surface area contributed by atoms with Crippen LogP contribution in [0.2, 0.25) is 0 Å². The number of benzene rings is 2. The minimum atomic E-state index is -1.26. The van der Waals surface area contributed by atoms with E-state index in [2.05, 4.69) is 16.6 Å². The van der Waals surface area contributed by atoms with Gasteiger partial charge in [0.25, 0.3) is 0 Å². The number of aliphatic hydroxyl groups is 1. The highest BCUT2D eigenvalue weighted by Gasteiger charge is 2.17. The lowest BCUT2D eigenvalue weighted by Gasteiger charge is -2.13. The number of carbonyl (C=O) groups excluding carboxylic acids is 2. The molecule has 0 spiro atoms. The number of amides is 2. The van der Waals surface area contributed by atoms with Crippen molar-refractivity contribution in [2.75, 3.05) is 11.9 Å². The van der Waals surface area contributed by atoms with E-state index in [4.69, 9.17) is 6.42 Å². The first-order chi connectivity index (χ1) is 11.5. The highest BCUT2D eigenvalue weighted by Crippen LogP contribution is 2.15. The number of hydrogen-bond donors (Lipinski definition) is 3. The smallest absolute Gasteiger partial charge is 0.313 e. The molecule has 1 unspecified atom stereocenters. The second-order valence-corrected chi connectivity index (χ2v) is 4.93. The Morgan fingerprint density at radius 1 is 1.17 bits per heavy atom. The molecule has 2 rings (SSSR count). The number of carbonyl (C=O) groups is 2. The molecule has 0 aromatic heterocycles. The van der Waals surface area contributed by atoms with Crippen molar-refractivity contribution in [2.24, 2.45) is 0 Å². The van der Waals surface area contributed by atoms with E-state index in [9.17, 15) is 19.1 Å². The molecule has 0 heterocycles. The molecule has 0 aliphatic heterocycles. The fourth-order valence-electron chi connectivity index (χ4n) is 2.00. The van der Waals surface area contributed by atoms with Gasteiger partial charge in [0.05, 0.1) is 6.10 Å². The molecule has 0 saturated carbocycles. The molecule has 3 N–H and O–H groups in total. The van der Waals surface area contributed by atoms with Crippen molar-refractivity contribution in [3.05, 3.63) is 65.5 Å². The summed E-state index contributed by atoms with van der Waals surface area (Å²) in [6.45, 7) is -0.294. The van der Waals surface area contributed by atoms with Crippen LogP contribution in [0.25, 0.3) is 0 Å². The number of rotatable bonds is 4. The topological polar surface area (TPSA) is 78.4 Å². The van der Waals surface area contributed by atoms with Gasteiger partial charge in [-0.15, -0.1) is 6.42 Å². The summed E-state index contributed by atoms with van der Waals surface area (Å²) in [6, 6.07) is 12.1. The van der Waals surface area contributed by atoms with E-state index >= 15 is 0 Å². The van der Waals surface area contributed by atoms with E-state index in [-0.39, 0.29) is 12.1 Å². The normalized spacial score (nSPS) is 11.2. The van der Waals surface area contributed by atoms with Crippen LogP contribution in [0.15, 0.2) is 48.5 Å². The molecule has 2 aromatic carbocycles. The highest BCUT2D eigenvalue weighted by molar-refractivity contribution is 6.39. The molecule has 24 heavy (non-hydrogen) atoms. The van der Waals surface area contributed by atoms with Crippen LogP contribution in [0.5, 0.6) is 0 Å². The quantitative estimate of drug-likeness (QED) is 0.590. The van der Waals surface area contributed by atoms with Crippen LogP contribution < -0.4 is 10.6 Å². The first-order valence-electron chi connectivity index (χ1n) is 7.09. The first-order valence-corrected chi connectivity index (χ1v) is 7.09. The van der Waals surface area contributed by atoms with Gasteiger partial charge in [0, 0.05) is 23.4 Å². The highest BCUT2D eigenvalue weighted by atomic mass is 19.1. The van der Waals surface area contributed by atoms with Gasteiger partial charge in [-0.25, -0.2) is 4.39 Å². The predicted molar refractivity (Wildman–Crippen MR) is 87.4 cm³/mol. The van der Waals surface area contributed by atoms with Gasteiger partial charge in [-0.05, 0) is 24.3 Å². The van der Waals surface area contributed by atoms with E-state index in [0.717, 1.165) is 0 Å². The number of terminal acetylenes is 1. The third-order valence-electron chi connectivity index (χ3n) is 3.21. The van der Waals surface area contributed by atoms with Gasteiger partial charge in [0.1, 0.15) is 5.82 Å². The van der Waals surface area contributed by atoms with Crippen molar-refractivity contribution < 1.29 is 19.1 Å². The lowest BCUT2D eigenvalue weighted by atomic mass is 10.1. The molecule has 2 amide bonds. The summed E-state index contributed by atoms with van der Waals surface area (Å²) in [4.78, 5) is 23.6. The average molecular weight is 326 g/mol. The molecule has 6 heteroatoms. The van der Waals surface area contributed by atoms with Crippen molar-refractivity contribution in [2.45, 2.75) is 6.10 Å². The zero-order valence-electron chi connectivity index (χ0n) is 12.6. The maximum Gasteiger partial charge on any atom is 0.313 e. The fourth-order valence-corrected chi connectivity index (χ4v) is 2.00. The first kappa shape index (κ1) is 17.2. The standard InChI is InChI=1S/C18H15FN2O3/c1-2-12-6-5-7-13(10-12)21-18(24)17(23)20-11-16(22)14-8-3-4-9-15(14)19/h1,3-10,16,22H,11H2,(H,20,23)(H,21,24). The zero-order valence-corrected chi connectivity index (χ0v) is 12.6. The Bertz CT molecular complexity index is 799. The molecular weight excluding hydrogens is 311 g/mol. The van der Waals surface area contributed by atoms with Crippen molar-refractivity contribution >= 4 is 17.5 Å². The molecule has 0 bridgehead atoms. The Morgan fingerprint density at radius 3 is 2.62 bits per heavy atom. The van der Waals surface area contributed by atoms with Crippen LogP contribution in [0.1, 0.15) is 17.2 Å². The largest absolute Gasteiger partial charge is 0.386 e. The Labute approximate surface area is 138 Å². The fraction of sp³-hybridized carbons (Fsp3) is 0.111. The molecule has 0 saturated heterocycles. The van der Waals surface area contributed by atoms with Crippen molar-refractivity contribution in [1.82, 2.24) is 5.32 Å². The molecular formula is C18H15FN2O3. The third-order valence-corrected chi connectivity index (χ3v) is 3.21. The van der Waals surface area contributed by atoms with Gasteiger partial charge in [-0.2, -0.15) is 0 Å². The summed E-state index contributed by atoms with van der Waals surface area (Å²) in [6.07, 6.45) is 4.00. The minimum absolute atomic E-state index is 0.0416. The minimum Gasteiger partial charge on any atom is -0.386 e. The van der Waals surface area contributed by atoms with E-state index in [1.807, 2.05) is 0 Å². The van der Waals surface area contributed by atoms with Crippen LogP contribution in [-0.4, -0.2) is 23.5 Å². The maximum atomic E-state index is 13.5.